The van der Waals surface area contributed by atoms with E-state index in [-0.39, 0.29) is 12.1 Å². The molecule has 0 aromatic carbocycles. The van der Waals surface area contributed by atoms with Crippen molar-refractivity contribution in [2.24, 2.45) is 10.7 Å². The van der Waals surface area contributed by atoms with Gasteiger partial charge in [-0.15, -0.1) is 0 Å². The Hall–Kier alpha value is -1.06. The molecule has 4 heteroatoms. The predicted molar refractivity (Wildman–Crippen MR) is 29.6 cm³/mol. The van der Waals surface area contributed by atoms with E-state index in [1.807, 2.05) is 0 Å². The molecule has 1 rings (SSSR count). The Balaban J connectivity index is 2.73. The number of amidine groups is 1. The SMILES string of the molecule is C[C@H]1NC(=O)N=C1N. The van der Waals surface area contributed by atoms with Gasteiger partial charge in [-0.25, -0.2) is 4.79 Å². The maximum atomic E-state index is 10.3. The largest absolute Gasteiger partial charge is 0.385 e. The second-order valence-electron chi connectivity index (χ2n) is 1.71. The number of nitrogens with one attached hydrogen (secondary N) is 1. The van der Waals surface area contributed by atoms with Gasteiger partial charge in [-0.1, -0.05) is 0 Å². The number of carbonyl (C=O) groups is 1. The molecule has 0 aliphatic carbocycles. The van der Waals surface area contributed by atoms with E-state index in [1.165, 1.54) is 0 Å². The van der Waals surface area contributed by atoms with E-state index >= 15 is 0 Å². The van der Waals surface area contributed by atoms with Gasteiger partial charge in [0.25, 0.3) is 0 Å². The lowest BCUT2D eigenvalue weighted by Crippen LogP contribution is -2.32. The maximum absolute atomic E-state index is 10.3. The first-order valence-electron chi connectivity index (χ1n) is 2.34. The van der Waals surface area contributed by atoms with Gasteiger partial charge in [0.2, 0.25) is 0 Å². The highest BCUT2D eigenvalue weighted by Gasteiger charge is 2.17. The predicted octanol–water partition coefficient (Wildman–Crippen LogP) is -0.545. The first-order chi connectivity index (χ1) is 3.70. The molecule has 0 fully saturated rings. The van der Waals surface area contributed by atoms with Crippen LogP contribution in [0.15, 0.2) is 4.99 Å². The van der Waals surface area contributed by atoms with Crippen LogP contribution in [0.4, 0.5) is 4.79 Å². The molecule has 3 N–H and O–H groups in total. The summed E-state index contributed by atoms with van der Waals surface area (Å²) >= 11 is 0. The minimum Gasteiger partial charge on any atom is -0.385 e. The van der Waals surface area contributed by atoms with Crippen LogP contribution in [-0.2, 0) is 0 Å². The van der Waals surface area contributed by atoms with Crippen molar-refractivity contribution in [1.29, 1.82) is 0 Å². The first-order valence-corrected chi connectivity index (χ1v) is 2.34. The Labute approximate surface area is 46.8 Å². The molecule has 0 radical (unpaired) electrons. The van der Waals surface area contributed by atoms with Gasteiger partial charge < -0.3 is 11.1 Å². The highest BCUT2D eigenvalue weighted by molar-refractivity contribution is 6.02. The Bertz CT molecular complexity index is 151. The van der Waals surface area contributed by atoms with Gasteiger partial charge in [0.05, 0.1) is 6.04 Å². The third-order valence-electron chi connectivity index (χ3n) is 1.01. The minimum absolute atomic E-state index is 0.0810. The summed E-state index contributed by atoms with van der Waals surface area (Å²) in [6.07, 6.45) is 0. The van der Waals surface area contributed by atoms with E-state index in [4.69, 9.17) is 5.73 Å². The van der Waals surface area contributed by atoms with Crippen LogP contribution in [0.25, 0.3) is 0 Å². The number of urea groups is 1. The van der Waals surface area contributed by atoms with Gasteiger partial charge in [0.15, 0.2) is 0 Å². The quantitative estimate of drug-likeness (QED) is 0.442. The lowest BCUT2D eigenvalue weighted by molar-refractivity contribution is 0.250. The molecular formula is C4H7N3O. The monoisotopic (exact) mass is 113 g/mol. The van der Waals surface area contributed by atoms with E-state index in [9.17, 15) is 4.79 Å². The molecule has 0 aromatic rings. The van der Waals surface area contributed by atoms with Crippen LogP contribution in [0.3, 0.4) is 0 Å². The molecular weight excluding hydrogens is 106 g/mol. The number of carbonyl (C=O) groups excluding carboxylic acids is 1. The lowest BCUT2D eigenvalue weighted by atomic mass is 10.3. The molecule has 0 saturated carbocycles. The standard InChI is InChI=1S/C4H7N3O/c1-2-3(5)7-4(8)6-2/h2H,1H3,(H3,5,6,7,8)/t2-/m1/s1. The second kappa shape index (κ2) is 1.47. The van der Waals surface area contributed by atoms with E-state index in [1.54, 1.807) is 6.92 Å². The van der Waals surface area contributed by atoms with Crippen LogP contribution < -0.4 is 11.1 Å². The average Bonchev–Trinajstić information content (AvgIpc) is 1.85. The van der Waals surface area contributed by atoms with Crippen LogP contribution in [0.2, 0.25) is 0 Å². The zero-order valence-electron chi connectivity index (χ0n) is 4.51. The molecule has 1 aliphatic heterocycles. The number of rotatable bonds is 0. The Morgan fingerprint density at radius 1 is 1.88 bits per heavy atom. The summed E-state index contributed by atoms with van der Waals surface area (Å²) < 4.78 is 0. The summed E-state index contributed by atoms with van der Waals surface area (Å²) in [5.74, 6) is 0.370. The number of nitrogens with zero attached hydrogens (tertiary/aromatic N) is 1. The van der Waals surface area contributed by atoms with Crippen molar-refractivity contribution in [2.45, 2.75) is 13.0 Å². The zero-order chi connectivity index (χ0) is 6.15. The minimum atomic E-state index is -0.338. The maximum Gasteiger partial charge on any atom is 0.343 e. The fourth-order valence-electron chi connectivity index (χ4n) is 0.506. The van der Waals surface area contributed by atoms with Crippen LogP contribution >= 0.6 is 0 Å². The van der Waals surface area contributed by atoms with Gasteiger partial charge in [-0.05, 0) is 6.92 Å². The van der Waals surface area contributed by atoms with Crippen molar-refractivity contribution in [3.8, 4) is 0 Å². The molecule has 8 heavy (non-hydrogen) atoms. The zero-order valence-corrected chi connectivity index (χ0v) is 4.51. The van der Waals surface area contributed by atoms with E-state index < -0.39 is 0 Å². The summed E-state index contributed by atoms with van der Waals surface area (Å²) in [5.41, 5.74) is 5.24. The van der Waals surface area contributed by atoms with E-state index in [0.717, 1.165) is 0 Å². The third-order valence-corrected chi connectivity index (χ3v) is 1.01. The fourth-order valence-corrected chi connectivity index (χ4v) is 0.506. The van der Waals surface area contributed by atoms with Gasteiger partial charge in [-0.2, -0.15) is 4.99 Å². The summed E-state index contributed by atoms with van der Waals surface area (Å²) in [6.45, 7) is 1.78. The summed E-state index contributed by atoms with van der Waals surface area (Å²) in [7, 11) is 0. The van der Waals surface area contributed by atoms with Crippen LogP contribution in [0.1, 0.15) is 6.92 Å². The molecule has 0 bridgehead atoms. The molecule has 1 heterocycles. The van der Waals surface area contributed by atoms with E-state index in [2.05, 4.69) is 10.3 Å². The van der Waals surface area contributed by atoms with Gasteiger partial charge >= 0.3 is 6.03 Å². The highest BCUT2D eigenvalue weighted by Crippen LogP contribution is 1.92. The van der Waals surface area contributed by atoms with Crippen molar-refractivity contribution in [3.05, 3.63) is 0 Å². The van der Waals surface area contributed by atoms with Gasteiger partial charge in [-0.3, -0.25) is 0 Å². The van der Waals surface area contributed by atoms with Crippen LogP contribution in [0, 0.1) is 0 Å². The molecule has 0 aromatic heterocycles. The Morgan fingerprint density at radius 3 is 2.62 bits per heavy atom. The Morgan fingerprint density at radius 2 is 2.50 bits per heavy atom. The van der Waals surface area contributed by atoms with Crippen molar-refractivity contribution in [1.82, 2.24) is 5.32 Å². The molecule has 0 unspecified atom stereocenters. The van der Waals surface area contributed by atoms with Crippen molar-refractivity contribution >= 4 is 11.9 Å². The van der Waals surface area contributed by atoms with Crippen molar-refractivity contribution in [2.75, 3.05) is 0 Å². The molecule has 2 amide bonds. The summed E-state index contributed by atoms with van der Waals surface area (Å²) in [4.78, 5) is 13.7. The highest BCUT2D eigenvalue weighted by atomic mass is 16.2. The first kappa shape index (κ1) is 5.08. The molecule has 1 atom stereocenters. The average molecular weight is 113 g/mol. The smallest absolute Gasteiger partial charge is 0.343 e. The third kappa shape index (κ3) is 0.641. The fraction of sp³-hybridized carbons (Fsp3) is 0.500. The van der Waals surface area contributed by atoms with Crippen molar-refractivity contribution in [3.63, 3.8) is 0 Å². The molecule has 0 spiro atoms. The number of nitrogens with two attached hydrogens (primary N) is 1. The topological polar surface area (TPSA) is 67.5 Å². The summed E-state index contributed by atoms with van der Waals surface area (Å²) in [6, 6.07) is -0.419. The van der Waals surface area contributed by atoms with Gasteiger partial charge in [0.1, 0.15) is 5.84 Å². The van der Waals surface area contributed by atoms with Gasteiger partial charge in [0, 0.05) is 0 Å². The number of hydrogen-bond acceptors (Lipinski definition) is 2. The molecule has 4 nitrogen and oxygen atoms in total. The number of amides is 2. The molecule has 44 valence electrons. The van der Waals surface area contributed by atoms with Crippen LogP contribution in [-0.4, -0.2) is 17.9 Å². The summed E-state index contributed by atoms with van der Waals surface area (Å²) in [5, 5.41) is 2.50. The lowest BCUT2D eigenvalue weighted by Gasteiger charge is -1.98. The number of hydrogen-bond donors (Lipinski definition) is 2. The second-order valence-corrected chi connectivity index (χ2v) is 1.71. The normalized spacial score (nSPS) is 27.4. The van der Waals surface area contributed by atoms with Crippen LogP contribution in [0.5, 0.6) is 0 Å². The number of aliphatic imine (C=N–C) groups is 1. The van der Waals surface area contributed by atoms with E-state index in [0.29, 0.717) is 5.84 Å². The van der Waals surface area contributed by atoms with Crippen molar-refractivity contribution < 1.29 is 4.79 Å². The molecule has 0 saturated heterocycles. The Kier molecular flexibility index (Phi) is 0.932. The molecule has 1 aliphatic rings.